The van der Waals surface area contributed by atoms with Gasteiger partial charge in [-0.05, 0) is 12.8 Å². The summed E-state index contributed by atoms with van der Waals surface area (Å²) in [5.41, 5.74) is 0. The molecular formula is C11H24O6Si. The van der Waals surface area contributed by atoms with Crippen LogP contribution in [0.25, 0.3) is 0 Å². The second-order valence-electron chi connectivity index (χ2n) is 4.11. The summed E-state index contributed by atoms with van der Waals surface area (Å²) < 4.78 is 31.9. The van der Waals surface area contributed by atoms with Crippen molar-refractivity contribution in [3.8, 4) is 0 Å². The van der Waals surface area contributed by atoms with Crippen molar-refractivity contribution in [1.29, 1.82) is 0 Å². The van der Waals surface area contributed by atoms with E-state index >= 15 is 0 Å². The van der Waals surface area contributed by atoms with Gasteiger partial charge in [0.2, 0.25) is 0 Å². The summed E-state index contributed by atoms with van der Waals surface area (Å²) in [6.45, 7) is 2.17. The number of ether oxygens (including phenoxy) is 5. The van der Waals surface area contributed by atoms with E-state index in [4.69, 9.17) is 28.1 Å². The minimum atomic E-state index is -1.10. The van der Waals surface area contributed by atoms with Crippen molar-refractivity contribution in [2.75, 3.05) is 41.2 Å². The number of rotatable bonds is 11. The normalized spacial score (nSPS) is 21.2. The Morgan fingerprint density at radius 3 is 2.44 bits per heavy atom. The van der Waals surface area contributed by atoms with Crippen molar-refractivity contribution in [1.82, 2.24) is 0 Å². The highest BCUT2D eigenvalue weighted by Crippen LogP contribution is 2.23. The highest BCUT2D eigenvalue weighted by molar-refractivity contribution is 5.98. The first-order valence-corrected chi connectivity index (χ1v) is 6.91. The van der Waals surface area contributed by atoms with Crippen LogP contribution in [0.2, 0.25) is 0 Å². The average molecular weight is 280 g/mol. The predicted molar refractivity (Wildman–Crippen MR) is 68.4 cm³/mol. The third-order valence-electron chi connectivity index (χ3n) is 2.99. The van der Waals surface area contributed by atoms with Crippen LogP contribution in [0, 0.1) is 0 Å². The molecule has 6 nitrogen and oxygen atoms in total. The summed E-state index contributed by atoms with van der Waals surface area (Å²) in [7, 11) is 5.23. The molecule has 0 aromatic rings. The molecule has 108 valence electrons. The minimum Gasteiger partial charge on any atom is -0.379 e. The third kappa shape index (κ3) is 4.58. The van der Waals surface area contributed by atoms with Gasteiger partial charge in [-0.2, -0.15) is 0 Å². The van der Waals surface area contributed by atoms with Crippen molar-refractivity contribution in [2.24, 2.45) is 0 Å². The molecule has 2 atom stereocenters. The molecule has 1 heterocycles. The number of epoxide rings is 1. The highest BCUT2D eigenvalue weighted by Gasteiger charge is 2.39. The molecule has 0 aliphatic carbocycles. The van der Waals surface area contributed by atoms with E-state index < -0.39 is 5.97 Å². The maximum atomic E-state index is 5.47. The molecule has 1 fully saturated rings. The van der Waals surface area contributed by atoms with E-state index in [1.54, 1.807) is 21.3 Å². The Labute approximate surface area is 111 Å². The van der Waals surface area contributed by atoms with Gasteiger partial charge in [-0.15, -0.1) is 0 Å². The molecule has 0 bridgehead atoms. The first-order valence-electron chi connectivity index (χ1n) is 6.10. The van der Waals surface area contributed by atoms with Gasteiger partial charge in [-0.25, -0.2) is 0 Å². The van der Waals surface area contributed by atoms with Crippen LogP contribution in [0.1, 0.15) is 12.8 Å². The number of hydrogen-bond donors (Lipinski definition) is 0. The molecule has 1 rings (SSSR count). The zero-order valence-corrected chi connectivity index (χ0v) is 13.6. The molecule has 1 aliphatic heterocycles. The predicted octanol–water partition coefficient (Wildman–Crippen LogP) is -0.559. The van der Waals surface area contributed by atoms with Gasteiger partial charge >= 0.3 is 0 Å². The molecular weight excluding hydrogens is 256 g/mol. The maximum Gasteiger partial charge on any atom is 0.300 e. The summed E-state index contributed by atoms with van der Waals surface area (Å²) >= 11 is 0. The summed E-state index contributed by atoms with van der Waals surface area (Å²) in [5.74, 6) is -1.10. The lowest BCUT2D eigenvalue weighted by atomic mass is 10.1. The van der Waals surface area contributed by atoms with Gasteiger partial charge in [0.1, 0.15) is 12.2 Å². The van der Waals surface area contributed by atoms with Crippen LogP contribution in [0.4, 0.5) is 0 Å². The quantitative estimate of drug-likeness (QED) is 0.219. The van der Waals surface area contributed by atoms with Crippen molar-refractivity contribution in [3.63, 3.8) is 0 Å². The first-order chi connectivity index (χ1) is 8.72. The van der Waals surface area contributed by atoms with Crippen LogP contribution >= 0.6 is 0 Å². The van der Waals surface area contributed by atoms with E-state index in [0.29, 0.717) is 29.8 Å². The fraction of sp³-hybridized carbons (Fsp3) is 1.00. The second kappa shape index (κ2) is 8.21. The van der Waals surface area contributed by atoms with E-state index in [1.165, 1.54) is 0 Å². The van der Waals surface area contributed by atoms with E-state index in [0.717, 1.165) is 19.4 Å². The molecule has 1 aliphatic rings. The molecule has 2 unspecified atom stereocenters. The van der Waals surface area contributed by atoms with Crippen molar-refractivity contribution < 1.29 is 28.1 Å². The molecule has 0 aromatic carbocycles. The van der Waals surface area contributed by atoms with Gasteiger partial charge in [-0.3, -0.25) is 0 Å². The summed E-state index contributed by atoms with van der Waals surface area (Å²) in [6, 6.07) is 0. The van der Waals surface area contributed by atoms with Crippen molar-refractivity contribution >= 4 is 10.5 Å². The second-order valence-corrected chi connectivity index (χ2v) is 4.52. The first kappa shape index (κ1) is 16.0. The number of hydrogen-bond acceptors (Lipinski definition) is 6. The molecule has 0 N–H and O–H groups in total. The zero-order chi connectivity index (χ0) is 13.4. The maximum absolute atomic E-state index is 5.47. The Morgan fingerprint density at radius 2 is 2.00 bits per heavy atom. The third-order valence-corrected chi connectivity index (χ3v) is 3.56. The lowest BCUT2D eigenvalue weighted by Crippen LogP contribution is -2.49. The van der Waals surface area contributed by atoms with E-state index in [9.17, 15) is 0 Å². The minimum absolute atomic E-state index is 0.272. The number of methoxy groups -OCH3 is 3. The topological polar surface area (TPSA) is 58.7 Å². The molecule has 0 spiro atoms. The summed E-state index contributed by atoms with van der Waals surface area (Å²) in [6.07, 6.45) is 1.63. The zero-order valence-electron chi connectivity index (χ0n) is 11.6. The molecule has 1 saturated heterocycles. The van der Waals surface area contributed by atoms with Crippen LogP contribution < -0.4 is 0 Å². The fourth-order valence-corrected chi connectivity index (χ4v) is 2.43. The largest absolute Gasteiger partial charge is 0.379 e. The monoisotopic (exact) mass is 280 g/mol. The SMILES string of the molecule is COC(CCCOCC1CO1)C(OC)(OC)O[SiH3]. The van der Waals surface area contributed by atoms with Crippen LogP contribution in [-0.4, -0.2) is 69.8 Å². The summed E-state index contributed by atoms with van der Waals surface area (Å²) in [5, 5.41) is 0. The van der Waals surface area contributed by atoms with E-state index in [2.05, 4.69) is 0 Å². The van der Waals surface area contributed by atoms with Crippen molar-refractivity contribution in [2.45, 2.75) is 31.0 Å². The van der Waals surface area contributed by atoms with Gasteiger partial charge in [0.25, 0.3) is 5.97 Å². The fourth-order valence-electron chi connectivity index (χ4n) is 1.83. The Kier molecular flexibility index (Phi) is 7.31. The van der Waals surface area contributed by atoms with Gasteiger partial charge < -0.3 is 28.1 Å². The van der Waals surface area contributed by atoms with Crippen LogP contribution in [0.3, 0.4) is 0 Å². The Hall–Kier alpha value is -0.0231. The highest BCUT2D eigenvalue weighted by atomic mass is 28.2. The Balaban J connectivity index is 2.25. The van der Waals surface area contributed by atoms with E-state index in [1.807, 2.05) is 0 Å². The van der Waals surface area contributed by atoms with Crippen LogP contribution in [-0.2, 0) is 28.1 Å². The molecule has 7 heteroatoms. The Morgan fingerprint density at radius 1 is 1.33 bits per heavy atom. The van der Waals surface area contributed by atoms with Crippen LogP contribution in [0.15, 0.2) is 0 Å². The molecule has 18 heavy (non-hydrogen) atoms. The molecule has 0 aromatic heterocycles. The molecule has 0 radical (unpaired) electrons. The average Bonchev–Trinajstić information content (AvgIpc) is 3.22. The lowest BCUT2D eigenvalue weighted by molar-refractivity contribution is -0.365. The molecule has 0 amide bonds. The standard InChI is InChI=1S/C11H24O6Si/c1-12-10(11(13-2,14-3)17-18)5-4-6-15-7-9-8-16-9/h9-10H,4-8H2,1-3,18H3. The van der Waals surface area contributed by atoms with E-state index in [-0.39, 0.29) is 6.10 Å². The van der Waals surface area contributed by atoms with Gasteiger partial charge in [0, 0.05) is 27.9 Å². The van der Waals surface area contributed by atoms with Gasteiger partial charge in [0.05, 0.1) is 13.2 Å². The smallest absolute Gasteiger partial charge is 0.300 e. The van der Waals surface area contributed by atoms with Crippen LogP contribution in [0.5, 0.6) is 0 Å². The van der Waals surface area contributed by atoms with Crippen molar-refractivity contribution in [3.05, 3.63) is 0 Å². The summed E-state index contributed by atoms with van der Waals surface area (Å²) in [4.78, 5) is 0. The van der Waals surface area contributed by atoms with Gasteiger partial charge in [-0.1, -0.05) is 0 Å². The lowest BCUT2D eigenvalue weighted by Gasteiger charge is -2.35. The Bertz CT molecular complexity index is 211. The molecule has 0 saturated carbocycles. The van der Waals surface area contributed by atoms with Gasteiger partial charge in [0.15, 0.2) is 10.5 Å².